The SMILES string of the molecule is COc1ccc(S(=O)(=O)N(C)Cc2ccc(C(C)C)cc2)cc1NC(C)=O. The van der Waals surface area contributed by atoms with Gasteiger partial charge in [-0.15, -0.1) is 0 Å². The van der Waals surface area contributed by atoms with Crippen molar-refractivity contribution in [2.45, 2.75) is 38.1 Å². The Kier molecular flexibility index (Phi) is 6.62. The summed E-state index contributed by atoms with van der Waals surface area (Å²) >= 11 is 0. The monoisotopic (exact) mass is 390 g/mol. The van der Waals surface area contributed by atoms with Gasteiger partial charge >= 0.3 is 0 Å². The van der Waals surface area contributed by atoms with Crippen molar-refractivity contribution in [3.05, 3.63) is 53.6 Å². The number of amides is 1. The van der Waals surface area contributed by atoms with Gasteiger partial charge in [-0.25, -0.2) is 8.42 Å². The number of benzene rings is 2. The molecule has 2 aromatic carbocycles. The third kappa shape index (κ3) is 5.08. The third-order valence-corrected chi connectivity index (χ3v) is 6.04. The lowest BCUT2D eigenvalue weighted by atomic mass is 10.0. The third-order valence-electron chi connectivity index (χ3n) is 4.24. The van der Waals surface area contributed by atoms with Gasteiger partial charge in [0.25, 0.3) is 0 Å². The van der Waals surface area contributed by atoms with Gasteiger partial charge in [0.1, 0.15) is 5.75 Å². The van der Waals surface area contributed by atoms with Crippen LogP contribution in [0.1, 0.15) is 37.8 Å². The molecule has 0 radical (unpaired) electrons. The van der Waals surface area contributed by atoms with Crippen LogP contribution in [0.5, 0.6) is 5.75 Å². The van der Waals surface area contributed by atoms with Crippen LogP contribution in [0.4, 0.5) is 5.69 Å². The second kappa shape index (κ2) is 8.54. The van der Waals surface area contributed by atoms with E-state index in [1.165, 1.54) is 49.1 Å². The van der Waals surface area contributed by atoms with E-state index in [4.69, 9.17) is 4.74 Å². The maximum atomic E-state index is 12.9. The molecule has 0 saturated heterocycles. The smallest absolute Gasteiger partial charge is 0.243 e. The van der Waals surface area contributed by atoms with Gasteiger partial charge in [-0.3, -0.25) is 4.79 Å². The largest absolute Gasteiger partial charge is 0.495 e. The topological polar surface area (TPSA) is 75.7 Å². The van der Waals surface area contributed by atoms with E-state index in [9.17, 15) is 13.2 Å². The van der Waals surface area contributed by atoms with E-state index in [2.05, 4.69) is 19.2 Å². The maximum absolute atomic E-state index is 12.9. The summed E-state index contributed by atoms with van der Waals surface area (Å²) in [6.07, 6.45) is 0. The van der Waals surface area contributed by atoms with Gasteiger partial charge in [0.05, 0.1) is 17.7 Å². The zero-order valence-electron chi connectivity index (χ0n) is 16.3. The molecule has 0 aliphatic rings. The minimum Gasteiger partial charge on any atom is -0.495 e. The fraction of sp³-hybridized carbons (Fsp3) is 0.350. The molecule has 0 aromatic heterocycles. The average Bonchev–Trinajstić information content (AvgIpc) is 2.61. The van der Waals surface area contributed by atoms with Crippen molar-refractivity contribution >= 4 is 21.6 Å². The van der Waals surface area contributed by atoms with Crippen LogP contribution >= 0.6 is 0 Å². The molecule has 0 fully saturated rings. The average molecular weight is 391 g/mol. The van der Waals surface area contributed by atoms with Crippen molar-refractivity contribution in [2.24, 2.45) is 0 Å². The maximum Gasteiger partial charge on any atom is 0.243 e. The van der Waals surface area contributed by atoms with E-state index in [0.29, 0.717) is 17.4 Å². The van der Waals surface area contributed by atoms with Crippen molar-refractivity contribution in [2.75, 3.05) is 19.5 Å². The molecule has 1 amide bonds. The Balaban J connectivity index is 2.27. The number of carbonyl (C=O) groups excluding carboxylic acids is 1. The van der Waals surface area contributed by atoms with Crippen molar-refractivity contribution < 1.29 is 17.9 Å². The quantitative estimate of drug-likeness (QED) is 0.784. The summed E-state index contributed by atoms with van der Waals surface area (Å²) in [6.45, 7) is 5.83. The van der Waals surface area contributed by atoms with Crippen LogP contribution in [0.15, 0.2) is 47.4 Å². The summed E-state index contributed by atoms with van der Waals surface area (Å²) in [5.41, 5.74) is 2.43. The minimum absolute atomic E-state index is 0.0911. The summed E-state index contributed by atoms with van der Waals surface area (Å²) < 4.78 is 32.3. The highest BCUT2D eigenvalue weighted by Gasteiger charge is 2.22. The van der Waals surface area contributed by atoms with Gasteiger partial charge in [-0.1, -0.05) is 38.1 Å². The van der Waals surface area contributed by atoms with Gasteiger partial charge in [-0.05, 0) is 35.2 Å². The lowest BCUT2D eigenvalue weighted by Crippen LogP contribution is -2.26. The van der Waals surface area contributed by atoms with E-state index in [-0.39, 0.29) is 17.3 Å². The molecule has 6 nitrogen and oxygen atoms in total. The Bertz CT molecular complexity index is 906. The number of methoxy groups -OCH3 is 1. The Morgan fingerprint density at radius 2 is 1.78 bits per heavy atom. The molecule has 0 aliphatic carbocycles. The molecule has 0 unspecified atom stereocenters. The van der Waals surface area contributed by atoms with Crippen LogP contribution in [0, 0.1) is 0 Å². The Morgan fingerprint density at radius 1 is 1.15 bits per heavy atom. The lowest BCUT2D eigenvalue weighted by Gasteiger charge is -2.19. The summed E-state index contributed by atoms with van der Waals surface area (Å²) in [6, 6.07) is 12.3. The highest BCUT2D eigenvalue weighted by atomic mass is 32.2. The second-order valence-corrected chi connectivity index (χ2v) is 8.75. The molecular formula is C20H26N2O4S. The summed E-state index contributed by atoms with van der Waals surface area (Å²) in [7, 11) is -0.725. The first-order valence-electron chi connectivity index (χ1n) is 8.66. The number of nitrogens with zero attached hydrogens (tertiary/aromatic N) is 1. The van der Waals surface area contributed by atoms with Crippen LogP contribution < -0.4 is 10.1 Å². The molecule has 1 N–H and O–H groups in total. The van der Waals surface area contributed by atoms with Crippen LogP contribution in [0.25, 0.3) is 0 Å². The van der Waals surface area contributed by atoms with Crippen molar-refractivity contribution in [3.8, 4) is 5.75 Å². The van der Waals surface area contributed by atoms with Gasteiger partial charge in [-0.2, -0.15) is 4.31 Å². The number of sulfonamides is 1. The van der Waals surface area contributed by atoms with Gasteiger partial charge in [0.2, 0.25) is 15.9 Å². The van der Waals surface area contributed by atoms with Crippen LogP contribution in [0.3, 0.4) is 0 Å². The van der Waals surface area contributed by atoms with E-state index in [1.807, 2.05) is 24.3 Å². The predicted molar refractivity (Wildman–Crippen MR) is 106 cm³/mol. The molecule has 2 rings (SSSR count). The number of anilines is 1. The highest BCUT2D eigenvalue weighted by molar-refractivity contribution is 7.89. The van der Waals surface area contributed by atoms with Crippen LogP contribution in [-0.4, -0.2) is 32.8 Å². The molecule has 0 bridgehead atoms. The molecule has 146 valence electrons. The fourth-order valence-electron chi connectivity index (χ4n) is 2.66. The molecule has 0 aliphatic heterocycles. The zero-order chi connectivity index (χ0) is 20.2. The molecule has 0 spiro atoms. The Labute approximate surface area is 161 Å². The van der Waals surface area contributed by atoms with Crippen molar-refractivity contribution in [1.82, 2.24) is 4.31 Å². The highest BCUT2D eigenvalue weighted by Crippen LogP contribution is 2.29. The fourth-order valence-corrected chi connectivity index (χ4v) is 3.85. The zero-order valence-corrected chi connectivity index (χ0v) is 17.1. The van der Waals surface area contributed by atoms with E-state index in [0.717, 1.165) is 5.56 Å². The summed E-state index contributed by atoms with van der Waals surface area (Å²) in [5.74, 6) is 0.518. The molecule has 7 heteroatoms. The standard InChI is InChI=1S/C20H26N2O4S/c1-14(2)17-8-6-16(7-9-17)13-22(4)27(24,25)18-10-11-20(26-5)19(12-18)21-15(3)23/h6-12,14H,13H2,1-5H3,(H,21,23). The summed E-state index contributed by atoms with van der Waals surface area (Å²) in [5, 5.41) is 2.60. The van der Waals surface area contributed by atoms with Gasteiger partial charge in [0, 0.05) is 20.5 Å². The van der Waals surface area contributed by atoms with Gasteiger partial charge in [0.15, 0.2) is 0 Å². The number of rotatable bonds is 7. The Hall–Kier alpha value is -2.38. The molecule has 27 heavy (non-hydrogen) atoms. The predicted octanol–water partition coefficient (Wildman–Crippen LogP) is 3.60. The normalized spacial score (nSPS) is 11.7. The lowest BCUT2D eigenvalue weighted by molar-refractivity contribution is -0.114. The number of carbonyl (C=O) groups is 1. The van der Waals surface area contributed by atoms with Crippen molar-refractivity contribution in [3.63, 3.8) is 0 Å². The second-order valence-electron chi connectivity index (χ2n) is 6.70. The number of hydrogen-bond donors (Lipinski definition) is 1. The van der Waals surface area contributed by atoms with E-state index >= 15 is 0 Å². The first-order chi connectivity index (χ1) is 12.6. The minimum atomic E-state index is -3.72. The molecule has 0 heterocycles. The van der Waals surface area contributed by atoms with Gasteiger partial charge < -0.3 is 10.1 Å². The molecule has 0 atom stereocenters. The Morgan fingerprint density at radius 3 is 2.30 bits per heavy atom. The van der Waals surface area contributed by atoms with Crippen LogP contribution in [0.2, 0.25) is 0 Å². The number of nitrogens with one attached hydrogen (secondary N) is 1. The number of hydrogen-bond acceptors (Lipinski definition) is 4. The molecule has 2 aromatic rings. The molecular weight excluding hydrogens is 364 g/mol. The van der Waals surface area contributed by atoms with E-state index < -0.39 is 10.0 Å². The number of ether oxygens (including phenoxy) is 1. The first kappa shape index (κ1) is 20.9. The molecule has 0 saturated carbocycles. The first-order valence-corrected chi connectivity index (χ1v) is 10.1. The van der Waals surface area contributed by atoms with Crippen LogP contribution in [-0.2, 0) is 21.4 Å². The van der Waals surface area contributed by atoms with Crippen molar-refractivity contribution in [1.29, 1.82) is 0 Å². The van der Waals surface area contributed by atoms with E-state index in [1.54, 1.807) is 0 Å². The summed E-state index contributed by atoms with van der Waals surface area (Å²) in [4.78, 5) is 11.5.